The number of hydrogen-bond acceptors (Lipinski definition) is 8. The van der Waals surface area contributed by atoms with E-state index in [1.165, 1.54) is 6.92 Å². The smallest absolute Gasteiger partial charge is 0.267 e. The summed E-state index contributed by atoms with van der Waals surface area (Å²) < 4.78 is 58.0. The van der Waals surface area contributed by atoms with E-state index in [0.29, 0.717) is 6.54 Å². The first kappa shape index (κ1) is 37.2. The fourth-order valence-corrected chi connectivity index (χ4v) is 7.28. The number of aryl methyl sites for hydroxylation is 1. The zero-order valence-corrected chi connectivity index (χ0v) is 32.2. The third kappa shape index (κ3) is 7.62. The molecule has 0 aliphatic heterocycles. The highest BCUT2D eigenvalue weighted by atomic mass is 32.2. The number of aromatic nitrogens is 1. The van der Waals surface area contributed by atoms with Gasteiger partial charge in [0.25, 0.3) is 10.1 Å². The van der Waals surface area contributed by atoms with Crippen molar-refractivity contribution in [1.82, 2.24) is 4.57 Å². The van der Waals surface area contributed by atoms with Crippen LogP contribution in [0.1, 0.15) is 13.3 Å². The molecule has 0 aliphatic carbocycles. The van der Waals surface area contributed by atoms with Crippen molar-refractivity contribution >= 4 is 66.0 Å². The van der Waals surface area contributed by atoms with Crippen molar-refractivity contribution in [1.29, 1.82) is 0 Å². The number of hydrogen-bond donors (Lipinski definition) is 1. The maximum Gasteiger partial charge on any atom is 0.267 e. The van der Waals surface area contributed by atoms with Gasteiger partial charge in [0.05, 0.1) is 33.7 Å². The maximum absolute atomic E-state index is 12.1. The van der Waals surface area contributed by atoms with Crippen molar-refractivity contribution in [2.24, 2.45) is 0 Å². The molecule has 0 saturated heterocycles. The van der Waals surface area contributed by atoms with Crippen LogP contribution in [0.2, 0.25) is 0 Å². The van der Waals surface area contributed by atoms with Gasteiger partial charge >= 0.3 is 0 Å². The minimum absolute atomic E-state index is 0.231. The molecule has 0 saturated carbocycles. The summed E-state index contributed by atoms with van der Waals surface area (Å²) in [5.41, 5.74) is 7.43. The van der Waals surface area contributed by atoms with Crippen LogP contribution in [0.25, 0.3) is 21.8 Å². The molecule has 6 aromatic carbocycles. The summed E-state index contributed by atoms with van der Waals surface area (Å²) in [6, 6.07) is 44.3. The Morgan fingerprint density at radius 3 is 1.07 bits per heavy atom. The molecule has 1 N–H and O–H groups in total. The van der Waals surface area contributed by atoms with Crippen LogP contribution in [-0.2, 0) is 16.7 Å². The topological polar surface area (TPSA) is 103 Å². The van der Waals surface area contributed by atoms with Crippen molar-refractivity contribution in [3.8, 4) is 23.0 Å². The van der Waals surface area contributed by atoms with E-state index in [-0.39, 0.29) is 6.42 Å². The summed E-state index contributed by atoms with van der Waals surface area (Å²) in [6.07, 6.45) is 0.231. The second-order valence-electron chi connectivity index (χ2n) is 13.1. The minimum atomic E-state index is -4.20. The molecule has 0 spiro atoms. The van der Waals surface area contributed by atoms with Crippen LogP contribution in [0, 0.1) is 0 Å². The standard InChI is InChI=1S/C44H43N3O7S/c1-30(55(48,49)50)26-27-45-43-24-14-35(46(31-6-16-37(51-2)17-7-31)32-8-18-38(52-3)19-9-32)28-41(43)42-29-36(15-25-44(42)45)47(33-10-20-39(53-4)21-11-33)34-12-22-40(54-5)23-13-34/h6-25,28-30H,26-27H2,1-5H3,(H,48,49,50). The average molecular weight is 758 g/mol. The summed E-state index contributed by atoms with van der Waals surface area (Å²) in [5.74, 6) is 3.01. The Labute approximate surface area is 321 Å². The van der Waals surface area contributed by atoms with Crippen LogP contribution in [0.3, 0.4) is 0 Å². The lowest BCUT2D eigenvalue weighted by molar-refractivity contribution is 0.414. The highest BCUT2D eigenvalue weighted by molar-refractivity contribution is 7.86. The first-order valence-corrected chi connectivity index (χ1v) is 19.3. The van der Waals surface area contributed by atoms with Crippen molar-refractivity contribution in [2.75, 3.05) is 38.2 Å². The van der Waals surface area contributed by atoms with E-state index in [9.17, 15) is 13.0 Å². The third-order valence-electron chi connectivity index (χ3n) is 9.94. The van der Waals surface area contributed by atoms with Crippen LogP contribution in [0.4, 0.5) is 34.1 Å². The van der Waals surface area contributed by atoms with Gasteiger partial charge in [-0.05, 0) is 147 Å². The van der Waals surface area contributed by atoms with Crippen LogP contribution >= 0.6 is 0 Å². The van der Waals surface area contributed by atoms with Gasteiger partial charge in [-0.15, -0.1) is 0 Å². The molecule has 0 amide bonds. The molecule has 0 fully saturated rings. The van der Waals surface area contributed by atoms with Crippen LogP contribution < -0.4 is 28.7 Å². The van der Waals surface area contributed by atoms with Gasteiger partial charge in [0.2, 0.25) is 0 Å². The second kappa shape index (κ2) is 15.7. The highest BCUT2D eigenvalue weighted by Crippen LogP contribution is 2.43. The first-order valence-electron chi connectivity index (χ1n) is 17.8. The van der Waals surface area contributed by atoms with Gasteiger partial charge in [-0.1, -0.05) is 0 Å². The summed E-state index contributed by atoms with van der Waals surface area (Å²) in [7, 11) is 2.39. The van der Waals surface area contributed by atoms with E-state index < -0.39 is 15.4 Å². The summed E-state index contributed by atoms with van der Waals surface area (Å²) in [4.78, 5) is 4.35. The number of fused-ring (bicyclic) bond motifs is 3. The van der Waals surface area contributed by atoms with E-state index in [1.807, 2.05) is 97.1 Å². The quantitative estimate of drug-likeness (QED) is 0.109. The molecule has 7 rings (SSSR count). The molecular weight excluding hydrogens is 715 g/mol. The maximum atomic E-state index is 12.1. The monoisotopic (exact) mass is 757 g/mol. The fourth-order valence-electron chi connectivity index (χ4n) is 6.88. The van der Waals surface area contributed by atoms with Crippen LogP contribution in [0.15, 0.2) is 133 Å². The van der Waals surface area contributed by atoms with Gasteiger partial charge in [0.1, 0.15) is 23.0 Å². The molecule has 55 heavy (non-hydrogen) atoms. The average Bonchev–Trinajstić information content (AvgIpc) is 3.52. The minimum Gasteiger partial charge on any atom is -0.497 e. The molecule has 10 nitrogen and oxygen atoms in total. The second-order valence-corrected chi connectivity index (χ2v) is 15.0. The first-order chi connectivity index (χ1) is 26.6. The molecule has 1 atom stereocenters. The Morgan fingerprint density at radius 1 is 0.509 bits per heavy atom. The zero-order valence-electron chi connectivity index (χ0n) is 31.3. The molecule has 0 radical (unpaired) electrons. The van der Waals surface area contributed by atoms with E-state index in [1.54, 1.807) is 28.4 Å². The Kier molecular flexibility index (Phi) is 10.6. The fraction of sp³-hybridized carbons (Fsp3) is 0.182. The normalized spacial score (nSPS) is 12.0. The molecule has 0 aliphatic rings. The summed E-state index contributed by atoms with van der Waals surface area (Å²) in [5, 5.41) is 1.02. The lowest BCUT2D eigenvalue weighted by Gasteiger charge is -2.26. The number of methoxy groups -OCH3 is 4. The molecule has 7 aromatic rings. The molecular formula is C44H43N3O7S. The SMILES string of the molecule is COc1ccc(N(c2ccc(OC)cc2)c2ccc3c(c2)c2cc(N(c4ccc(OC)cc4)c4ccc(OC)cc4)ccc2n3CCC(C)S(=O)(=O)O)cc1. The molecule has 282 valence electrons. The van der Waals surface area contributed by atoms with Gasteiger partial charge in [-0.25, -0.2) is 0 Å². The Hall–Kier alpha value is -6.17. The van der Waals surface area contributed by atoms with Gasteiger partial charge in [-0.2, -0.15) is 8.42 Å². The highest BCUT2D eigenvalue weighted by Gasteiger charge is 2.22. The predicted molar refractivity (Wildman–Crippen MR) is 221 cm³/mol. The van der Waals surface area contributed by atoms with Gasteiger partial charge in [-0.3, -0.25) is 4.55 Å². The Bertz CT molecular complexity index is 2270. The molecule has 1 aromatic heterocycles. The van der Waals surface area contributed by atoms with Crippen LogP contribution in [0.5, 0.6) is 23.0 Å². The number of anilines is 6. The van der Waals surface area contributed by atoms with Gasteiger partial charge in [0.15, 0.2) is 0 Å². The van der Waals surface area contributed by atoms with E-state index >= 15 is 0 Å². The van der Waals surface area contributed by atoms with Gasteiger partial charge in [0, 0.05) is 62.5 Å². The number of nitrogens with zero attached hydrogens (tertiary/aromatic N) is 3. The van der Waals surface area contributed by atoms with Crippen molar-refractivity contribution in [3.63, 3.8) is 0 Å². The Morgan fingerprint density at radius 2 is 0.800 bits per heavy atom. The van der Waals surface area contributed by atoms with E-state index in [2.05, 4.69) is 50.8 Å². The molecule has 11 heteroatoms. The molecule has 1 unspecified atom stereocenters. The van der Waals surface area contributed by atoms with Crippen LogP contribution in [-0.4, -0.2) is 51.2 Å². The van der Waals surface area contributed by atoms with Gasteiger partial charge < -0.3 is 33.3 Å². The molecule has 0 bridgehead atoms. The third-order valence-corrected chi connectivity index (χ3v) is 11.2. The van der Waals surface area contributed by atoms with Crippen molar-refractivity contribution in [2.45, 2.75) is 25.1 Å². The lowest BCUT2D eigenvalue weighted by Crippen LogP contribution is -2.18. The molecule has 1 heterocycles. The summed E-state index contributed by atoms with van der Waals surface area (Å²) >= 11 is 0. The predicted octanol–water partition coefficient (Wildman–Crippen LogP) is 10.4. The van der Waals surface area contributed by atoms with E-state index in [0.717, 1.165) is 78.9 Å². The van der Waals surface area contributed by atoms with Crippen molar-refractivity contribution < 1.29 is 31.9 Å². The number of benzene rings is 6. The number of rotatable bonds is 14. The number of ether oxygens (including phenoxy) is 4. The van der Waals surface area contributed by atoms with Crippen molar-refractivity contribution in [3.05, 3.63) is 133 Å². The van der Waals surface area contributed by atoms with E-state index in [4.69, 9.17) is 18.9 Å². The lowest BCUT2D eigenvalue weighted by atomic mass is 10.1. The Balaban J connectivity index is 1.44. The summed E-state index contributed by atoms with van der Waals surface area (Å²) in [6.45, 7) is 1.91. The largest absolute Gasteiger partial charge is 0.497 e. The zero-order chi connectivity index (χ0) is 38.7.